The maximum atomic E-state index is 13.2. The molecule has 2 atom stereocenters. The summed E-state index contributed by atoms with van der Waals surface area (Å²) in [6.07, 6.45) is 3.76. The summed E-state index contributed by atoms with van der Waals surface area (Å²) in [6.45, 7) is 3.75. The van der Waals surface area contributed by atoms with E-state index in [2.05, 4.69) is 10.6 Å². The lowest BCUT2D eigenvalue weighted by molar-refractivity contribution is 0.254. The van der Waals surface area contributed by atoms with Crippen LogP contribution in [0, 0.1) is 12.8 Å². The number of carbonyl (C=O) groups excluding carboxylic acids is 1. The molecule has 1 aliphatic carbocycles. The minimum atomic E-state index is -0.981. The highest BCUT2D eigenvalue weighted by atomic mass is 19.1. The smallest absolute Gasteiger partial charge is 0.308 e. The second kappa shape index (κ2) is 5.69. The van der Waals surface area contributed by atoms with Crippen molar-refractivity contribution >= 4 is 11.7 Å². The Morgan fingerprint density at radius 1 is 1.21 bits per heavy atom. The van der Waals surface area contributed by atoms with Crippen LogP contribution in [-0.2, 0) is 0 Å². The topological polar surface area (TPSA) is 41.1 Å². The maximum Gasteiger partial charge on any atom is 0.323 e. The third-order valence-electron chi connectivity index (χ3n) is 2.97. The monoisotopic (exact) mass is 260 g/mol. The number of nitrogens with one attached hydrogen (secondary N) is 2. The number of amides is 2. The zero-order chi connectivity index (χ0) is 13.8. The molecule has 0 saturated heterocycles. The molecule has 0 bridgehead atoms. The van der Waals surface area contributed by atoms with Crippen molar-refractivity contribution in [2.24, 2.45) is 5.92 Å². The quantitative estimate of drug-likeness (QED) is 0.839. The van der Waals surface area contributed by atoms with Crippen LogP contribution in [-0.4, -0.2) is 12.2 Å². The summed E-state index contributed by atoms with van der Waals surface area (Å²) in [5.41, 5.74) is 2.47. The number of aryl methyl sites for hydroxylation is 1. The molecule has 0 heterocycles. The van der Waals surface area contributed by atoms with Gasteiger partial charge in [0.05, 0.1) is 0 Å². The molecule has 1 aromatic rings. The molecule has 0 spiro atoms. The molecule has 1 aromatic carbocycles. The predicted molar refractivity (Wildman–Crippen MR) is 74.6 cm³/mol. The third kappa shape index (κ3) is 3.68. The molecular weight excluding hydrogens is 243 g/mol. The number of halogens is 1. The van der Waals surface area contributed by atoms with Crippen LogP contribution in [0.1, 0.15) is 12.5 Å². The molecule has 0 aromatic heterocycles. The summed E-state index contributed by atoms with van der Waals surface area (Å²) in [5.74, 6) is -0.223. The Morgan fingerprint density at radius 3 is 2.53 bits per heavy atom. The summed E-state index contributed by atoms with van der Waals surface area (Å²) >= 11 is 0. The van der Waals surface area contributed by atoms with Gasteiger partial charge in [-0.15, -0.1) is 0 Å². The van der Waals surface area contributed by atoms with E-state index in [1.165, 1.54) is 6.08 Å². The number of hydrogen-bond acceptors (Lipinski definition) is 1. The van der Waals surface area contributed by atoms with Gasteiger partial charge in [-0.25, -0.2) is 9.18 Å². The molecule has 4 heteroatoms. The molecule has 2 unspecified atom stereocenters. The maximum absolute atomic E-state index is 13.2. The minimum absolute atomic E-state index is 0.223. The van der Waals surface area contributed by atoms with Crippen LogP contribution in [0.4, 0.5) is 14.9 Å². The van der Waals surface area contributed by atoms with Gasteiger partial charge in [-0.3, -0.25) is 0 Å². The van der Waals surface area contributed by atoms with E-state index in [1.54, 1.807) is 19.1 Å². The number of carbonyl (C=O) groups is 1. The van der Waals surface area contributed by atoms with Gasteiger partial charge in [-0.2, -0.15) is 0 Å². The first-order chi connectivity index (χ1) is 9.04. The van der Waals surface area contributed by atoms with Crippen molar-refractivity contribution in [2.75, 3.05) is 5.32 Å². The van der Waals surface area contributed by atoms with E-state index in [0.29, 0.717) is 5.70 Å². The summed E-state index contributed by atoms with van der Waals surface area (Å²) in [5, 5.41) is 5.41. The van der Waals surface area contributed by atoms with E-state index >= 15 is 0 Å². The highest BCUT2D eigenvalue weighted by Gasteiger charge is 2.16. The summed E-state index contributed by atoms with van der Waals surface area (Å²) in [4.78, 5) is 11.8. The van der Waals surface area contributed by atoms with Crippen molar-refractivity contribution in [2.45, 2.75) is 20.0 Å². The molecule has 0 radical (unpaired) electrons. The zero-order valence-electron chi connectivity index (χ0n) is 11.0. The highest BCUT2D eigenvalue weighted by molar-refractivity contribution is 5.90. The van der Waals surface area contributed by atoms with Crippen LogP contribution in [0.2, 0.25) is 0 Å². The molecule has 0 fully saturated rings. The Morgan fingerprint density at radius 2 is 1.89 bits per heavy atom. The normalized spacial score (nSPS) is 21.7. The van der Waals surface area contributed by atoms with Gasteiger partial charge in [0.2, 0.25) is 0 Å². The lowest BCUT2D eigenvalue weighted by Gasteiger charge is -2.17. The Kier molecular flexibility index (Phi) is 4.00. The number of allylic oxidation sites excluding steroid dienone is 3. The van der Waals surface area contributed by atoms with Crippen LogP contribution in [0.5, 0.6) is 0 Å². The average Bonchev–Trinajstić information content (AvgIpc) is 2.37. The van der Waals surface area contributed by atoms with Gasteiger partial charge in [0.15, 0.2) is 0 Å². The van der Waals surface area contributed by atoms with Gasteiger partial charge in [-0.1, -0.05) is 30.7 Å². The van der Waals surface area contributed by atoms with Gasteiger partial charge in [0.25, 0.3) is 0 Å². The first kappa shape index (κ1) is 13.3. The summed E-state index contributed by atoms with van der Waals surface area (Å²) in [6, 6.07) is 7.18. The second-order valence-electron chi connectivity index (χ2n) is 4.73. The molecule has 2 N–H and O–H groups in total. The van der Waals surface area contributed by atoms with E-state index in [1.807, 2.05) is 31.2 Å². The fourth-order valence-electron chi connectivity index (χ4n) is 1.82. The number of anilines is 1. The van der Waals surface area contributed by atoms with Crippen LogP contribution in [0.25, 0.3) is 0 Å². The first-order valence-corrected chi connectivity index (χ1v) is 6.23. The summed E-state index contributed by atoms with van der Waals surface area (Å²) < 4.78 is 13.2. The Balaban J connectivity index is 1.93. The van der Waals surface area contributed by atoms with Crippen molar-refractivity contribution < 1.29 is 9.18 Å². The number of rotatable bonds is 2. The predicted octanol–water partition coefficient (Wildman–Crippen LogP) is 3.54. The van der Waals surface area contributed by atoms with Crippen molar-refractivity contribution in [1.29, 1.82) is 0 Å². The number of urea groups is 1. The summed E-state index contributed by atoms with van der Waals surface area (Å²) in [7, 11) is 0. The van der Waals surface area contributed by atoms with E-state index in [-0.39, 0.29) is 11.9 Å². The Hall–Kier alpha value is -2.10. The van der Waals surface area contributed by atoms with Crippen molar-refractivity contribution in [3.63, 3.8) is 0 Å². The van der Waals surface area contributed by atoms with Gasteiger partial charge in [0, 0.05) is 17.3 Å². The van der Waals surface area contributed by atoms with Gasteiger partial charge < -0.3 is 10.6 Å². The number of alkyl halides is 1. The van der Waals surface area contributed by atoms with Crippen molar-refractivity contribution in [3.05, 3.63) is 53.8 Å². The fraction of sp³-hybridized carbons (Fsp3) is 0.267. The second-order valence-corrected chi connectivity index (χ2v) is 4.73. The lowest BCUT2D eigenvalue weighted by atomic mass is 9.99. The first-order valence-electron chi connectivity index (χ1n) is 6.23. The Bertz CT molecular complexity index is 519. The average molecular weight is 260 g/mol. The Labute approximate surface area is 112 Å². The van der Waals surface area contributed by atoms with Crippen LogP contribution < -0.4 is 10.6 Å². The molecule has 1 aliphatic rings. The number of hydrogen-bond donors (Lipinski definition) is 2. The van der Waals surface area contributed by atoms with Crippen LogP contribution in [0.3, 0.4) is 0 Å². The molecule has 0 aliphatic heterocycles. The van der Waals surface area contributed by atoms with E-state index in [9.17, 15) is 9.18 Å². The molecule has 0 saturated carbocycles. The van der Waals surface area contributed by atoms with Crippen molar-refractivity contribution in [1.82, 2.24) is 5.32 Å². The largest absolute Gasteiger partial charge is 0.323 e. The van der Waals surface area contributed by atoms with Crippen LogP contribution in [0.15, 0.2) is 48.2 Å². The molecule has 3 nitrogen and oxygen atoms in total. The molecule has 2 amide bonds. The fourth-order valence-corrected chi connectivity index (χ4v) is 1.82. The van der Waals surface area contributed by atoms with E-state index < -0.39 is 6.17 Å². The van der Waals surface area contributed by atoms with Crippen LogP contribution >= 0.6 is 0 Å². The van der Waals surface area contributed by atoms with Gasteiger partial charge in [-0.05, 0) is 31.2 Å². The van der Waals surface area contributed by atoms with Gasteiger partial charge in [0.1, 0.15) is 6.17 Å². The zero-order valence-corrected chi connectivity index (χ0v) is 11.0. The molecule has 2 rings (SSSR count). The van der Waals surface area contributed by atoms with Gasteiger partial charge >= 0.3 is 6.03 Å². The third-order valence-corrected chi connectivity index (χ3v) is 2.97. The number of benzene rings is 1. The molecule has 19 heavy (non-hydrogen) atoms. The SMILES string of the molecule is Cc1ccc(NC(=O)NC2=CC(C)C(F)C=C2)cc1. The van der Waals surface area contributed by atoms with E-state index in [4.69, 9.17) is 0 Å². The molecular formula is C15H17FN2O. The highest BCUT2D eigenvalue weighted by Crippen LogP contribution is 2.18. The standard InChI is InChI=1S/C15H17FN2O/c1-10-3-5-12(6-4-10)17-15(19)18-13-7-8-14(16)11(2)9-13/h3-9,11,14H,1-2H3,(H2,17,18,19). The van der Waals surface area contributed by atoms with Crippen molar-refractivity contribution in [3.8, 4) is 0 Å². The lowest BCUT2D eigenvalue weighted by Crippen LogP contribution is -2.29. The minimum Gasteiger partial charge on any atom is -0.308 e. The van der Waals surface area contributed by atoms with E-state index in [0.717, 1.165) is 11.3 Å². The molecule has 100 valence electrons.